The highest BCUT2D eigenvalue weighted by atomic mass is 16.4. The maximum absolute atomic E-state index is 11.8. The van der Waals surface area contributed by atoms with Crippen molar-refractivity contribution < 1.29 is 14.7 Å². The topological polar surface area (TPSA) is 112 Å². The molecule has 18 heavy (non-hydrogen) atoms. The Hall–Kier alpha value is -2.18. The number of aliphatic carboxylic acids is 1. The molecule has 3 N–H and O–H groups in total. The molecule has 0 saturated heterocycles. The van der Waals surface area contributed by atoms with Gasteiger partial charge in [0.15, 0.2) is 0 Å². The minimum atomic E-state index is -1.34. The molecule has 1 amide bonds. The summed E-state index contributed by atoms with van der Waals surface area (Å²) >= 11 is 0. The number of aromatic nitrogens is 2. The minimum absolute atomic E-state index is 0.0295. The lowest BCUT2D eigenvalue weighted by Crippen LogP contribution is -2.52. The van der Waals surface area contributed by atoms with Crippen LogP contribution in [0.1, 0.15) is 37.2 Å². The van der Waals surface area contributed by atoms with E-state index in [9.17, 15) is 14.4 Å². The van der Waals surface area contributed by atoms with E-state index in [1.54, 1.807) is 0 Å². The molecular weight excluding hydrogens is 238 g/mol. The van der Waals surface area contributed by atoms with Crippen molar-refractivity contribution in [3.63, 3.8) is 0 Å². The Morgan fingerprint density at radius 2 is 2.17 bits per heavy atom. The van der Waals surface area contributed by atoms with Crippen LogP contribution in [0.5, 0.6) is 0 Å². The molecule has 0 aliphatic heterocycles. The van der Waals surface area contributed by atoms with E-state index in [1.807, 2.05) is 6.92 Å². The van der Waals surface area contributed by atoms with E-state index < -0.39 is 23.0 Å². The lowest BCUT2D eigenvalue weighted by atomic mass is 9.96. The molecule has 0 aliphatic rings. The van der Waals surface area contributed by atoms with Gasteiger partial charge in [-0.05, 0) is 19.4 Å². The van der Waals surface area contributed by atoms with Gasteiger partial charge in [0.1, 0.15) is 11.2 Å². The molecule has 0 aromatic carbocycles. The summed E-state index contributed by atoms with van der Waals surface area (Å²) in [5, 5.41) is 17.2. The standard InChI is InChI=1S/C11H15N3O4/c1-3-6-11(2,10(17)18)12-9(16)7-4-5-8(15)14-13-7/h4-5H,3,6H2,1-2H3,(H,12,16)(H,14,15)(H,17,18). The number of H-pyrrole nitrogens is 1. The van der Waals surface area contributed by atoms with Gasteiger partial charge in [-0.1, -0.05) is 13.3 Å². The van der Waals surface area contributed by atoms with Crippen molar-refractivity contribution in [2.45, 2.75) is 32.2 Å². The molecule has 1 atom stereocenters. The van der Waals surface area contributed by atoms with Crippen molar-refractivity contribution in [1.82, 2.24) is 15.5 Å². The smallest absolute Gasteiger partial charge is 0.329 e. The van der Waals surface area contributed by atoms with E-state index in [0.29, 0.717) is 12.8 Å². The zero-order valence-electron chi connectivity index (χ0n) is 10.2. The molecule has 0 aliphatic carbocycles. The summed E-state index contributed by atoms with van der Waals surface area (Å²) in [4.78, 5) is 33.7. The van der Waals surface area contributed by atoms with Gasteiger partial charge in [0.05, 0.1) is 0 Å². The maximum Gasteiger partial charge on any atom is 0.329 e. The summed E-state index contributed by atoms with van der Waals surface area (Å²) in [6.45, 7) is 3.26. The highest BCUT2D eigenvalue weighted by molar-refractivity contribution is 5.96. The van der Waals surface area contributed by atoms with E-state index in [4.69, 9.17) is 5.11 Å². The molecule has 0 bridgehead atoms. The molecule has 1 aromatic rings. The number of amides is 1. The zero-order chi connectivity index (χ0) is 13.8. The third-order valence-electron chi connectivity index (χ3n) is 2.52. The van der Waals surface area contributed by atoms with E-state index in [-0.39, 0.29) is 5.69 Å². The number of carbonyl (C=O) groups is 2. The van der Waals surface area contributed by atoms with Crippen LogP contribution in [-0.2, 0) is 4.79 Å². The molecule has 1 unspecified atom stereocenters. The van der Waals surface area contributed by atoms with Gasteiger partial charge in [-0.25, -0.2) is 9.89 Å². The van der Waals surface area contributed by atoms with Crippen LogP contribution in [0.25, 0.3) is 0 Å². The normalized spacial score (nSPS) is 13.7. The lowest BCUT2D eigenvalue weighted by Gasteiger charge is -2.25. The summed E-state index contributed by atoms with van der Waals surface area (Å²) in [6, 6.07) is 2.39. The fraction of sp³-hybridized carbons (Fsp3) is 0.455. The Morgan fingerprint density at radius 1 is 1.50 bits per heavy atom. The second-order valence-electron chi connectivity index (χ2n) is 4.15. The van der Waals surface area contributed by atoms with Gasteiger partial charge in [-0.15, -0.1) is 0 Å². The zero-order valence-corrected chi connectivity index (χ0v) is 10.2. The Labute approximate surface area is 103 Å². The van der Waals surface area contributed by atoms with Crippen LogP contribution in [0, 0.1) is 0 Å². The summed E-state index contributed by atoms with van der Waals surface area (Å²) in [7, 11) is 0. The van der Waals surface area contributed by atoms with Crippen molar-refractivity contribution in [3.05, 3.63) is 28.2 Å². The van der Waals surface area contributed by atoms with Crippen LogP contribution < -0.4 is 10.9 Å². The molecular formula is C11H15N3O4. The van der Waals surface area contributed by atoms with E-state index in [0.717, 1.165) is 6.07 Å². The van der Waals surface area contributed by atoms with Crippen molar-refractivity contribution >= 4 is 11.9 Å². The van der Waals surface area contributed by atoms with Crippen LogP contribution in [0.15, 0.2) is 16.9 Å². The van der Waals surface area contributed by atoms with Crippen molar-refractivity contribution in [3.8, 4) is 0 Å². The second kappa shape index (κ2) is 5.44. The average molecular weight is 253 g/mol. The van der Waals surface area contributed by atoms with Crippen LogP contribution >= 0.6 is 0 Å². The number of nitrogens with zero attached hydrogens (tertiary/aromatic N) is 1. The quantitative estimate of drug-likeness (QED) is 0.691. The van der Waals surface area contributed by atoms with Crippen LogP contribution in [0.4, 0.5) is 0 Å². The van der Waals surface area contributed by atoms with Crippen molar-refractivity contribution in [2.24, 2.45) is 0 Å². The first-order chi connectivity index (χ1) is 8.39. The number of nitrogens with one attached hydrogen (secondary N) is 2. The SMILES string of the molecule is CCCC(C)(NC(=O)c1ccc(=O)[nH]n1)C(=O)O. The Balaban J connectivity index is 2.88. The summed E-state index contributed by atoms with van der Waals surface area (Å²) < 4.78 is 0. The predicted octanol–water partition coefficient (Wildman–Crippen LogP) is 0.143. The fourth-order valence-electron chi connectivity index (χ4n) is 1.51. The van der Waals surface area contributed by atoms with Gasteiger partial charge >= 0.3 is 5.97 Å². The predicted molar refractivity (Wildman–Crippen MR) is 63.3 cm³/mol. The van der Waals surface area contributed by atoms with E-state index in [1.165, 1.54) is 13.0 Å². The summed E-state index contributed by atoms with van der Waals surface area (Å²) in [5.74, 6) is -1.74. The molecule has 7 nitrogen and oxygen atoms in total. The molecule has 0 saturated carbocycles. The van der Waals surface area contributed by atoms with Gasteiger partial charge < -0.3 is 10.4 Å². The third-order valence-corrected chi connectivity index (χ3v) is 2.52. The highest BCUT2D eigenvalue weighted by Gasteiger charge is 2.34. The first-order valence-corrected chi connectivity index (χ1v) is 5.50. The molecule has 7 heteroatoms. The molecule has 0 spiro atoms. The van der Waals surface area contributed by atoms with Gasteiger partial charge in [-0.3, -0.25) is 9.59 Å². The maximum atomic E-state index is 11.8. The van der Waals surface area contributed by atoms with Gasteiger partial charge in [0.2, 0.25) is 0 Å². The second-order valence-corrected chi connectivity index (χ2v) is 4.15. The Bertz CT molecular complexity index is 491. The molecule has 1 heterocycles. The fourth-order valence-corrected chi connectivity index (χ4v) is 1.51. The van der Waals surface area contributed by atoms with Gasteiger partial charge in [0, 0.05) is 6.07 Å². The molecule has 0 radical (unpaired) electrons. The number of carboxylic acid groups (broad SMARTS) is 1. The number of hydrogen-bond donors (Lipinski definition) is 3. The van der Waals surface area contributed by atoms with E-state index >= 15 is 0 Å². The molecule has 98 valence electrons. The first-order valence-electron chi connectivity index (χ1n) is 5.50. The van der Waals surface area contributed by atoms with Gasteiger partial charge in [0.25, 0.3) is 11.5 Å². The van der Waals surface area contributed by atoms with E-state index in [2.05, 4.69) is 15.5 Å². The Kier molecular flexibility index (Phi) is 4.19. The average Bonchev–Trinajstić information content (AvgIpc) is 2.29. The largest absolute Gasteiger partial charge is 0.480 e. The lowest BCUT2D eigenvalue weighted by molar-refractivity contribution is -0.144. The minimum Gasteiger partial charge on any atom is -0.480 e. The molecule has 0 fully saturated rings. The summed E-state index contributed by atoms with van der Waals surface area (Å²) in [5.41, 5.74) is -1.80. The van der Waals surface area contributed by atoms with Crippen LogP contribution in [0.3, 0.4) is 0 Å². The van der Waals surface area contributed by atoms with Crippen LogP contribution in [-0.4, -0.2) is 32.7 Å². The number of hydrogen-bond acceptors (Lipinski definition) is 4. The molecule has 1 rings (SSSR count). The van der Waals surface area contributed by atoms with Crippen molar-refractivity contribution in [2.75, 3.05) is 0 Å². The summed E-state index contributed by atoms with van der Waals surface area (Å²) in [6.07, 6.45) is 0.916. The molecule has 1 aromatic heterocycles. The first kappa shape index (κ1) is 13.9. The Morgan fingerprint density at radius 3 is 2.61 bits per heavy atom. The highest BCUT2D eigenvalue weighted by Crippen LogP contribution is 2.13. The van der Waals surface area contributed by atoms with Crippen LogP contribution in [0.2, 0.25) is 0 Å². The number of rotatable bonds is 5. The monoisotopic (exact) mass is 253 g/mol. The third kappa shape index (κ3) is 3.16. The number of carbonyl (C=O) groups excluding carboxylic acids is 1. The number of carboxylic acids is 1. The van der Waals surface area contributed by atoms with Crippen molar-refractivity contribution in [1.29, 1.82) is 0 Å². The number of aromatic amines is 1. The van der Waals surface area contributed by atoms with Gasteiger partial charge in [-0.2, -0.15) is 5.10 Å².